The summed E-state index contributed by atoms with van der Waals surface area (Å²) in [5, 5.41) is 4.06. The van der Waals surface area contributed by atoms with Crippen molar-refractivity contribution in [1.82, 2.24) is 5.32 Å². The molecule has 2 rings (SSSR count). The van der Waals surface area contributed by atoms with Gasteiger partial charge >= 0.3 is 6.09 Å². The predicted molar refractivity (Wildman–Crippen MR) is 91.1 cm³/mol. The third kappa shape index (κ3) is 4.96. The highest BCUT2D eigenvalue weighted by molar-refractivity contribution is 6.42. The van der Waals surface area contributed by atoms with Gasteiger partial charge in [-0.25, -0.2) is 4.79 Å². The molecule has 0 aromatic heterocycles. The average Bonchev–Trinajstić information content (AvgIpc) is 2.40. The Kier molecular flexibility index (Phi) is 5.45. The molecule has 22 heavy (non-hydrogen) atoms. The quantitative estimate of drug-likeness (QED) is 0.859. The summed E-state index contributed by atoms with van der Waals surface area (Å²) in [6.07, 6.45) is 1.40. The first kappa shape index (κ1) is 17.2. The molecule has 0 bridgehead atoms. The van der Waals surface area contributed by atoms with Gasteiger partial charge in [0, 0.05) is 24.8 Å². The van der Waals surface area contributed by atoms with Gasteiger partial charge < -0.3 is 15.0 Å². The fraction of sp³-hybridized carbons (Fsp3) is 0.562. The van der Waals surface area contributed by atoms with E-state index in [0.29, 0.717) is 10.0 Å². The number of ether oxygens (including phenoxy) is 1. The highest BCUT2D eigenvalue weighted by Gasteiger charge is 2.23. The molecule has 1 fully saturated rings. The summed E-state index contributed by atoms with van der Waals surface area (Å²) in [6.45, 7) is 7.30. The lowest BCUT2D eigenvalue weighted by atomic mass is 10.0. The molecule has 1 aromatic carbocycles. The molecule has 1 heterocycles. The number of anilines is 1. The van der Waals surface area contributed by atoms with Crippen LogP contribution in [0, 0.1) is 0 Å². The first-order valence-electron chi connectivity index (χ1n) is 7.44. The maximum Gasteiger partial charge on any atom is 0.407 e. The Morgan fingerprint density at radius 1 is 1.23 bits per heavy atom. The number of carbonyl (C=O) groups excluding carboxylic acids is 1. The molecule has 0 aliphatic carbocycles. The number of carbonyl (C=O) groups is 1. The van der Waals surface area contributed by atoms with Crippen molar-refractivity contribution < 1.29 is 9.53 Å². The van der Waals surface area contributed by atoms with Crippen LogP contribution in [0.4, 0.5) is 10.5 Å². The fourth-order valence-corrected chi connectivity index (χ4v) is 2.73. The third-order valence-corrected chi connectivity index (χ3v) is 4.22. The Labute approximate surface area is 141 Å². The topological polar surface area (TPSA) is 41.6 Å². The van der Waals surface area contributed by atoms with E-state index in [2.05, 4.69) is 10.2 Å². The predicted octanol–water partition coefficient (Wildman–Crippen LogP) is 4.49. The van der Waals surface area contributed by atoms with Crippen LogP contribution in [0.3, 0.4) is 0 Å². The standard InChI is InChI=1S/C16H22Cl2N2O2/c1-16(2,3)22-15(21)19-11-6-8-20(9-7-11)12-4-5-13(17)14(18)10-12/h4-5,10-11H,6-9H2,1-3H3,(H,19,21). The van der Waals surface area contributed by atoms with Crippen molar-refractivity contribution in [2.45, 2.75) is 45.3 Å². The summed E-state index contributed by atoms with van der Waals surface area (Å²) in [5.74, 6) is 0. The van der Waals surface area contributed by atoms with Crippen molar-refractivity contribution in [2.75, 3.05) is 18.0 Å². The summed E-state index contributed by atoms with van der Waals surface area (Å²) in [6, 6.07) is 5.81. The molecule has 1 aromatic rings. The molecule has 0 radical (unpaired) electrons. The molecule has 1 N–H and O–H groups in total. The van der Waals surface area contributed by atoms with Crippen LogP contribution in [-0.4, -0.2) is 30.8 Å². The summed E-state index contributed by atoms with van der Waals surface area (Å²) >= 11 is 12.0. The number of nitrogens with one attached hydrogen (secondary N) is 1. The highest BCUT2D eigenvalue weighted by atomic mass is 35.5. The van der Waals surface area contributed by atoms with Gasteiger partial charge in [0.25, 0.3) is 0 Å². The van der Waals surface area contributed by atoms with Crippen LogP contribution in [0.5, 0.6) is 0 Å². The molecule has 4 nitrogen and oxygen atoms in total. The van der Waals surface area contributed by atoms with Crippen LogP contribution in [0.2, 0.25) is 10.0 Å². The van der Waals surface area contributed by atoms with E-state index in [1.54, 1.807) is 0 Å². The van der Waals surface area contributed by atoms with Gasteiger partial charge in [0.1, 0.15) is 5.60 Å². The molecule has 0 atom stereocenters. The molecule has 0 unspecified atom stereocenters. The number of hydrogen-bond acceptors (Lipinski definition) is 3. The van der Waals surface area contributed by atoms with Crippen molar-refractivity contribution in [3.8, 4) is 0 Å². The monoisotopic (exact) mass is 344 g/mol. The maximum atomic E-state index is 11.8. The van der Waals surface area contributed by atoms with Crippen LogP contribution >= 0.6 is 23.2 Å². The Bertz CT molecular complexity index is 535. The first-order valence-corrected chi connectivity index (χ1v) is 8.20. The van der Waals surface area contributed by atoms with Gasteiger partial charge in [-0.1, -0.05) is 23.2 Å². The van der Waals surface area contributed by atoms with Gasteiger partial charge in [-0.3, -0.25) is 0 Å². The van der Waals surface area contributed by atoms with Crippen molar-refractivity contribution >= 4 is 35.0 Å². The van der Waals surface area contributed by atoms with Crippen molar-refractivity contribution in [2.24, 2.45) is 0 Å². The third-order valence-electron chi connectivity index (χ3n) is 3.48. The van der Waals surface area contributed by atoms with E-state index in [1.807, 2.05) is 39.0 Å². The number of halogens is 2. The van der Waals surface area contributed by atoms with Crippen LogP contribution in [0.25, 0.3) is 0 Å². The van der Waals surface area contributed by atoms with E-state index in [4.69, 9.17) is 27.9 Å². The normalized spacial score (nSPS) is 16.5. The largest absolute Gasteiger partial charge is 0.444 e. The van der Waals surface area contributed by atoms with Crippen molar-refractivity contribution in [1.29, 1.82) is 0 Å². The van der Waals surface area contributed by atoms with Crippen molar-refractivity contribution in [3.05, 3.63) is 28.2 Å². The van der Waals surface area contributed by atoms with E-state index < -0.39 is 5.60 Å². The lowest BCUT2D eigenvalue weighted by Crippen LogP contribution is -2.46. The second kappa shape index (κ2) is 6.97. The molecule has 0 saturated carbocycles. The molecule has 122 valence electrons. The first-order chi connectivity index (χ1) is 10.2. The minimum absolute atomic E-state index is 0.147. The Hall–Kier alpha value is -1.13. The number of amides is 1. The summed E-state index contributed by atoms with van der Waals surface area (Å²) in [4.78, 5) is 14.0. The number of benzene rings is 1. The summed E-state index contributed by atoms with van der Waals surface area (Å²) in [5.41, 5.74) is 0.593. The van der Waals surface area contributed by atoms with Crippen LogP contribution in [0.15, 0.2) is 18.2 Å². The number of alkyl carbamates (subject to hydrolysis) is 1. The second-order valence-electron chi connectivity index (χ2n) is 6.51. The van der Waals surface area contributed by atoms with Crippen LogP contribution < -0.4 is 10.2 Å². The van der Waals surface area contributed by atoms with E-state index in [-0.39, 0.29) is 12.1 Å². The van der Waals surface area contributed by atoms with Gasteiger partial charge in [0.05, 0.1) is 10.0 Å². The zero-order valence-corrected chi connectivity index (χ0v) is 14.7. The van der Waals surface area contributed by atoms with Crippen LogP contribution in [0.1, 0.15) is 33.6 Å². The molecular weight excluding hydrogens is 323 g/mol. The smallest absolute Gasteiger partial charge is 0.407 e. The average molecular weight is 345 g/mol. The van der Waals surface area contributed by atoms with E-state index in [9.17, 15) is 4.79 Å². The number of piperidine rings is 1. The Morgan fingerprint density at radius 3 is 2.41 bits per heavy atom. The molecule has 6 heteroatoms. The Morgan fingerprint density at radius 2 is 1.86 bits per heavy atom. The molecule has 0 spiro atoms. The molecule has 1 amide bonds. The maximum absolute atomic E-state index is 11.8. The van der Waals surface area contributed by atoms with Gasteiger partial charge in [-0.15, -0.1) is 0 Å². The number of rotatable bonds is 2. The fourth-order valence-electron chi connectivity index (χ4n) is 2.44. The SMILES string of the molecule is CC(C)(C)OC(=O)NC1CCN(c2ccc(Cl)c(Cl)c2)CC1. The lowest BCUT2D eigenvalue weighted by Gasteiger charge is -2.34. The number of nitrogens with zero attached hydrogens (tertiary/aromatic N) is 1. The number of hydrogen-bond donors (Lipinski definition) is 1. The van der Waals surface area contributed by atoms with E-state index >= 15 is 0 Å². The van der Waals surface area contributed by atoms with Gasteiger partial charge in [0.15, 0.2) is 0 Å². The van der Waals surface area contributed by atoms with Crippen molar-refractivity contribution in [3.63, 3.8) is 0 Å². The highest BCUT2D eigenvalue weighted by Crippen LogP contribution is 2.28. The molecule has 1 aliphatic rings. The second-order valence-corrected chi connectivity index (χ2v) is 7.32. The minimum atomic E-state index is -0.467. The van der Waals surface area contributed by atoms with Gasteiger partial charge in [-0.05, 0) is 51.8 Å². The van der Waals surface area contributed by atoms with Gasteiger partial charge in [-0.2, -0.15) is 0 Å². The van der Waals surface area contributed by atoms with Crippen LogP contribution in [-0.2, 0) is 4.74 Å². The summed E-state index contributed by atoms with van der Waals surface area (Å²) in [7, 11) is 0. The summed E-state index contributed by atoms with van der Waals surface area (Å²) < 4.78 is 5.29. The van der Waals surface area contributed by atoms with E-state index in [0.717, 1.165) is 31.6 Å². The Balaban J connectivity index is 1.85. The zero-order chi connectivity index (χ0) is 16.3. The zero-order valence-electron chi connectivity index (χ0n) is 13.2. The molecule has 1 aliphatic heterocycles. The van der Waals surface area contributed by atoms with Gasteiger partial charge in [0.2, 0.25) is 0 Å². The molecule has 1 saturated heterocycles. The lowest BCUT2D eigenvalue weighted by molar-refractivity contribution is 0.0497. The minimum Gasteiger partial charge on any atom is -0.444 e. The van der Waals surface area contributed by atoms with E-state index in [1.165, 1.54) is 0 Å². The molecular formula is C16H22Cl2N2O2.